The van der Waals surface area contributed by atoms with Gasteiger partial charge in [-0.15, -0.1) is 0 Å². The first-order chi connectivity index (χ1) is 14.2. The Balaban J connectivity index is 2.74. The number of hydrogen-bond acceptors (Lipinski definition) is 7. The molecule has 1 aromatic rings. The van der Waals surface area contributed by atoms with Gasteiger partial charge in [-0.25, -0.2) is 9.59 Å². The van der Waals surface area contributed by atoms with Crippen molar-refractivity contribution in [3.05, 3.63) is 38.9 Å². The van der Waals surface area contributed by atoms with Gasteiger partial charge in [0.1, 0.15) is 6.04 Å². The third kappa shape index (κ3) is 8.59. The van der Waals surface area contributed by atoms with Gasteiger partial charge in [0, 0.05) is 17.7 Å². The van der Waals surface area contributed by atoms with Crippen LogP contribution < -0.4 is 16.0 Å². The second kappa shape index (κ2) is 10.7. The second-order valence-electron chi connectivity index (χ2n) is 7.98. The van der Waals surface area contributed by atoms with E-state index in [1.807, 2.05) is 5.32 Å². The van der Waals surface area contributed by atoms with Crippen LogP contribution in [0, 0.1) is 16.0 Å². The van der Waals surface area contributed by atoms with Gasteiger partial charge in [-0.05, 0) is 32.8 Å². The standard InChI is InChI=1S/C19H25ClN4O7/c1-10(2)15(17(27)31-9-14(25)21-18(28)23-19(3,4)5)22-16(26)12-7-6-11(24(29)30)8-13(12)20/h6-8,10,15H,9H2,1-5H3,(H,22,26)(H2,21,23,25,28). The van der Waals surface area contributed by atoms with Gasteiger partial charge in [0.2, 0.25) is 0 Å². The summed E-state index contributed by atoms with van der Waals surface area (Å²) in [4.78, 5) is 58.4. The van der Waals surface area contributed by atoms with Gasteiger partial charge in [0.25, 0.3) is 17.5 Å². The normalized spacial score (nSPS) is 12.0. The summed E-state index contributed by atoms with van der Waals surface area (Å²) >= 11 is 5.94. The zero-order valence-corrected chi connectivity index (χ0v) is 18.5. The maximum absolute atomic E-state index is 12.5. The monoisotopic (exact) mass is 456 g/mol. The quantitative estimate of drug-likeness (QED) is 0.322. The molecule has 1 aromatic carbocycles. The van der Waals surface area contributed by atoms with E-state index in [2.05, 4.69) is 10.6 Å². The molecule has 0 aliphatic carbocycles. The van der Waals surface area contributed by atoms with E-state index in [0.29, 0.717) is 0 Å². The van der Waals surface area contributed by atoms with Crippen LogP contribution in [0.15, 0.2) is 18.2 Å². The molecule has 0 bridgehead atoms. The van der Waals surface area contributed by atoms with E-state index >= 15 is 0 Å². The third-order valence-corrected chi connectivity index (χ3v) is 4.02. The number of nitrogens with one attached hydrogen (secondary N) is 3. The van der Waals surface area contributed by atoms with E-state index in [-0.39, 0.29) is 16.3 Å². The average Bonchev–Trinajstić information content (AvgIpc) is 2.61. The topological polar surface area (TPSA) is 157 Å². The number of nitro groups is 1. The van der Waals surface area contributed by atoms with Crippen LogP contribution in [0.4, 0.5) is 10.5 Å². The van der Waals surface area contributed by atoms with E-state index < -0.39 is 52.8 Å². The lowest BCUT2D eigenvalue weighted by Gasteiger charge is -2.22. The molecule has 11 nitrogen and oxygen atoms in total. The summed E-state index contributed by atoms with van der Waals surface area (Å²) in [7, 11) is 0. The predicted octanol–water partition coefficient (Wildman–Crippen LogP) is 2.17. The van der Waals surface area contributed by atoms with Crippen LogP contribution in [0.3, 0.4) is 0 Å². The van der Waals surface area contributed by atoms with Crippen molar-refractivity contribution in [1.82, 2.24) is 16.0 Å². The molecule has 31 heavy (non-hydrogen) atoms. The zero-order chi connectivity index (χ0) is 23.9. The summed E-state index contributed by atoms with van der Waals surface area (Å²) in [6, 6.07) is 1.42. The number of amides is 4. The van der Waals surface area contributed by atoms with E-state index in [4.69, 9.17) is 16.3 Å². The number of carbonyl (C=O) groups is 4. The molecule has 3 N–H and O–H groups in total. The van der Waals surface area contributed by atoms with Crippen LogP contribution >= 0.6 is 11.6 Å². The minimum absolute atomic E-state index is 0.0673. The van der Waals surface area contributed by atoms with Gasteiger partial charge in [-0.2, -0.15) is 0 Å². The summed E-state index contributed by atoms with van der Waals surface area (Å²) in [5.74, 6) is -2.90. The largest absolute Gasteiger partial charge is 0.454 e. The smallest absolute Gasteiger partial charge is 0.329 e. The summed E-state index contributed by atoms with van der Waals surface area (Å²) in [6.45, 7) is 7.73. The highest BCUT2D eigenvalue weighted by atomic mass is 35.5. The van der Waals surface area contributed by atoms with Gasteiger partial charge in [0.15, 0.2) is 6.61 Å². The summed E-state index contributed by atoms with van der Waals surface area (Å²) in [6.07, 6.45) is 0. The number of urea groups is 1. The number of ether oxygens (including phenoxy) is 1. The van der Waals surface area contributed by atoms with Crippen LogP contribution in [-0.4, -0.2) is 46.9 Å². The molecule has 0 aromatic heterocycles. The van der Waals surface area contributed by atoms with Crippen molar-refractivity contribution in [2.24, 2.45) is 5.92 Å². The number of benzene rings is 1. The van der Waals surface area contributed by atoms with E-state index in [1.54, 1.807) is 34.6 Å². The van der Waals surface area contributed by atoms with Crippen molar-refractivity contribution >= 4 is 41.1 Å². The Kier molecular flexibility index (Phi) is 8.92. The molecule has 0 aliphatic rings. The maximum Gasteiger partial charge on any atom is 0.329 e. The predicted molar refractivity (Wildman–Crippen MR) is 112 cm³/mol. The van der Waals surface area contributed by atoms with Crippen LogP contribution in [0.2, 0.25) is 5.02 Å². The fraction of sp³-hybridized carbons (Fsp3) is 0.474. The Morgan fingerprint density at radius 1 is 1.19 bits per heavy atom. The number of halogens is 1. The molecule has 1 atom stereocenters. The molecule has 0 aliphatic heterocycles. The van der Waals surface area contributed by atoms with Crippen molar-refractivity contribution in [2.45, 2.75) is 46.2 Å². The van der Waals surface area contributed by atoms with Gasteiger partial charge < -0.3 is 15.4 Å². The van der Waals surface area contributed by atoms with Gasteiger partial charge in [0.05, 0.1) is 15.5 Å². The van der Waals surface area contributed by atoms with Crippen molar-refractivity contribution in [3.8, 4) is 0 Å². The number of nitro benzene ring substituents is 1. The highest BCUT2D eigenvalue weighted by Gasteiger charge is 2.28. The number of imide groups is 1. The second-order valence-corrected chi connectivity index (χ2v) is 8.38. The lowest BCUT2D eigenvalue weighted by atomic mass is 10.0. The first-order valence-electron chi connectivity index (χ1n) is 9.24. The molecule has 1 rings (SSSR count). The van der Waals surface area contributed by atoms with E-state index in [9.17, 15) is 29.3 Å². The lowest BCUT2D eigenvalue weighted by molar-refractivity contribution is -0.384. The molecule has 0 fully saturated rings. The Morgan fingerprint density at radius 3 is 2.29 bits per heavy atom. The first-order valence-corrected chi connectivity index (χ1v) is 9.62. The minimum atomic E-state index is -1.13. The fourth-order valence-corrected chi connectivity index (χ4v) is 2.54. The minimum Gasteiger partial charge on any atom is -0.454 e. The van der Waals surface area contributed by atoms with Gasteiger partial charge >= 0.3 is 12.0 Å². The molecule has 0 saturated heterocycles. The third-order valence-electron chi connectivity index (χ3n) is 3.70. The van der Waals surface area contributed by atoms with Crippen LogP contribution in [-0.2, 0) is 14.3 Å². The molecule has 0 heterocycles. The molecular formula is C19H25ClN4O7. The lowest BCUT2D eigenvalue weighted by Crippen LogP contribution is -2.50. The average molecular weight is 457 g/mol. The Hall–Kier alpha value is -3.21. The van der Waals surface area contributed by atoms with Crippen LogP contribution in [0.5, 0.6) is 0 Å². The maximum atomic E-state index is 12.5. The summed E-state index contributed by atoms with van der Waals surface area (Å²) in [5, 5.41) is 17.6. The molecule has 0 saturated carbocycles. The molecule has 0 spiro atoms. The highest BCUT2D eigenvalue weighted by Crippen LogP contribution is 2.22. The molecular weight excluding hydrogens is 432 g/mol. The fourth-order valence-electron chi connectivity index (χ4n) is 2.28. The van der Waals surface area contributed by atoms with Crippen molar-refractivity contribution < 1.29 is 28.8 Å². The number of rotatable bonds is 7. The van der Waals surface area contributed by atoms with Crippen LogP contribution in [0.25, 0.3) is 0 Å². The number of nitrogens with zero attached hydrogens (tertiary/aromatic N) is 1. The zero-order valence-electron chi connectivity index (χ0n) is 17.8. The van der Waals surface area contributed by atoms with Crippen molar-refractivity contribution in [1.29, 1.82) is 0 Å². The number of hydrogen-bond donors (Lipinski definition) is 3. The van der Waals surface area contributed by atoms with Gasteiger partial charge in [-0.1, -0.05) is 25.4 Å². The Labute approximate surface area is 184 Å². The Bertz CT molecular complexity index is 880. The molecule has 0 radical (unpaired) electrons. The first kappa shape index (κ1) is 25.8. The van der Waals surface area contributed by atoms with Crippen molar-refractivity contribution in [2.75, 3.05) is 6.61 Å². The van der Waals surface area contributed by atoms with Crippen LogP contribution in [0.1, 0.15) is 45.0 Å². The van der Waals surface area contributed by atoms with E-state index in [0.717, 1.165) is 12.1 Å². The van der Waals surface area contributed by atoms with E-state index in [1.165, 1.54) is 6.07 Å². The molecule has 1 unspecified atom stereocenters. The SMILES string of the molecule is CC(C)C(NC(=O)c1ccc([N+](=O)[O-])cc1Cl)C(=O)OCC(=O)NC(=O)NC(C)(C)C. The number of non-ortho nitro benzene ring substituents is 1. The number of carbonyl (C=O) groups excluding carboxylic acids is 4. The molecule has 4 amide bonds. The van der Waals surface area contributed by atoms with Crippen molar-refractivity contribution in [3.63, 3.8) is 0 Å². The summed E-state index contributed by atoms with van der Waals surface area (Å²) < 4.78 is 4.91. The number of esters is 1. The Morgan fingerprint density at radius 2 is 1.81 bits per heavy atom. The molecule has 170 valence electrons. The highest BCUT2D eigenvalue weighted by molar-refractivity contribution is 6.34. The van der Waals surface area contributed by atoms with Gasteiger partial charge in [-0.3, -0.25) is 25.0 Å². The summed E-state index contributed by atoms with van der Waals surface area (Å²) in [5.41, 5.74) is -0.919. The molecule has 12 heteroatoms.